The number of anilines is 2. The Morgan fingerprint density at radius 1 is 1.15 bits per heavy atom. The number of carbonyl (C=O) groups is 2. The topological polar surface area (TPSA) is 96.4 Å². The first-order chi connectivity index (χ1) is 12.9. The molecule has 1 N–H and O–H groups in total. The van der Waals surface area contributed by atoms with E-state index >= 15 is 0 Å². The summed E-state index contributed by atoms with van der Waals surface area (Å²) in [6, 6.07) is 5.63. The van der Waals surface area contributed by atoms with Crippen LogP contribution in [0.4, 0.5) is 10.8 Å². The lowest BCUT2D eigenvalue weighted by molar-refractivity contribution is -0.122. The number of sulfonamides is 1. The van der Waals surface area contributed by atoms with Gasteiger partial charge < -0.3 is 0 Å². The molecule has 7 nitrogen and oxygen atoms in total. The number of nitrogens with one attached hydrogen (secondary N) is 1. The van der Waals surface area contributed by atoms with E-state index in [4.69, 9.17) is 11.6 Å². The third-order valence-corrected chi connectivity index (χ3v) is 7.11. The Hall–Kier alpha value is -2.23. The number of imide groups is 1. The Kier molecular flexibility index (Phi) is 4.53. The van der Waals surface area contributed by atoms with E-state index in [1.807, 2.05) is 0 Å². The molecular formula is C17H14ClN3O4S2. The smallest absolute Gasteiger partial charge is 0.263 e. The fourth-order valence-electron chi connectivity index (χ4n) is 3.30. The first-order valence-corrected chi connectivity index (χ1v) is 10.9. The van der Waals surface area contributed by atoms with Gasteiger partial charge in [-0.05, 0) is 37.1 Å². The lowest BCUT2D eigenvalue weighted by atomic mass is 9.85. The Morgan fingerprint density at radius 2 is 1.85 bits per heavy atom. The average Bonchev–Trinajstić information content (AvgIpc) is 3.22. The molecule has 10 heteroatoms. The molecule has 2 amide bonds. The Morgan fingerprint density at radius 3 is 2.52 bits per heavy atom. The summed E-state index contributed by atoms with van der Waals surface area (Å²) in [4.78, 5) is 30.4. The van der Waals surface area contributed by atoms with Gasteiger partial charge in [0.15, 0.2) is 5.13 Å². The second kappa shape index (κ2) is 6.74. The van der Waals surface area contributed by atoms with Crippen molar-refractivity contribution in [1.29, 1.82) is 0 Å². The maximum atomic E-state index is 12.7. The van der Waals surface area contributed by atoms with Crippen LogP contribution in [0.15, 0.2) is 51.8 Å². The van der Waals surface area contributed by atoms with Gasteiger partial charge in [0.2, 0.25) is 11.8 Å². The fraction of sp³-hybridized carbons (Fsp3) is 0.235. The van der Waals surface area contributed by atoms with Gasteiger partial charge in [0.25, 0.3) is 10.0 Å². The summed E-state index contributed by atoms with van der Waals surface area (Å²) in [5, 5.41) is 2.51. The number of rotatable bonds is 4. The fourth-order valence-corrected chi connectivity index (χ4v) is 5.35. The van der Waals surface area contributed by atoms with Crippen molar-refractivity contribution >= 4 is 55.6 Å². The third-order valence-electron chi connectivity index (χ3n) is 4.63. The molecule has 2 aromatic rings. The van der Waals surface area contributed by atoms with Crippen LogP contribution in [-0.4, -0.2) is 25.2 Å². The number of allylic oxidation sites excluding steroid dienone is 2. The quantitative estimate of drug-likeness (QED) is 0.762. The van der Waals surface area contributed by atoms with Gasteiger partial charge in [-0.25, -0.2) is 13.4 Å². The molecule has 1 aromatic carbocycles. The van der Waals surface area contributed by atoms with Crippen LogP contribution < -0.4 is 9.62 Å². The van der Waals surface area contributed by atoms with Crippen LogP contribution in [0.2, 0.25) is 0 Å². The molecule has 140 valence electrons. The van der Waals surface area contributed by atoms with E-state index in [9.17, 15) is 18.0 Å². The minimum Gasteiger partial charge on any atom is -0.274 e. The minimum atomic E-state index is -3.79. The number of benzene rings is 1. The van der Waals surface area contributed by atoms with Crippen molar-refractivity contribution in [3.8, 4) is 0 Å². The summed E-state index contributed by atoms with van der Waals surface area (Å²) in [6.07, 6.45) is 4.07. The molecular weight excluding hydrogens is 410 g/mol. The van der Waals surface area contributed by atoms with Gasteiger partial charge in [0.1, 0.15) is 0 Å². The van der Waals surface area contributed by atoms with E-state index in [1.54, 1.807) is 11.5 Å². The molecule has 0 radical (unpaired) electrons. The van der Waals surface area contributed by atoms with Crippen molar-refractivity contribution in [2.45, 2.75) is 17.7 Å². The number of nitrogens with zero attached hydrogens (tertiary/aromatic N) is 2. The summed E-state index contributed by atoms with van der Waals surface area (Å²) < 4.78 is 27.2. The predicted octanol–water partition coefficient (Wildman–Crippen LogP) is 2.97. The molecule has 2 atom stereocenters. The average molecular weight is 424 g/mol. The first kappa shape index (κ1) is 18.1. The van der Waals surface area contributed by atoms with Gasteiger partial charge in [-0.3, -0.25) is 19.2 Å². The van der Waals surface area contributed by atoms with Crippen molar-refractivity contribution in [2.75, 3.05) is 9.62 Å². The predicted molar refractivity (Wildman–Crippen MR) is 102 cm³/mol. The van der Waals surface area contributed by atoms with Crippen LogP contribution in [0.1, 0.15) is 12.8 Å². The Labute approximate surface area is 164 Å². The molecule has 2 aliphatic rings. The number of halogens is 1. The summed E-state index contributed by atoms with van der Waals surface area (Å²) in [6.45, 7) is 0. The van der Waals surface area contributed by atoms with Crippen LogP contribution in [0, 0.1) is 11.8 Å². The molecule has 27 heavy (non-hydrogen) atoms. The van der Waals surface area contributed by atoms with E-state index in [1.165, 1.54) is 41.8 Å². The van der Waals surface area contributed by atoms with Gasteiger partial charge in [-0.15, -0.1) is 11.3 Å². The van der Waals surface area contributed by atoms with Crippen molar-refractivity contribution < 1.29 is 18.0 Å². The van der Waals surface area contributed by atoms with Crippen LogP contribution in [0.5, 0.6) is 0 Å². The Balaban J connectivity index is 1.58. The molecule has 1 aliphatic heterocycles. The standard InChI is InChI=1S/C17H14ClN3O4S2/c18-10-1-6-13-14(9-10)16(23)21(15(13)22)11-2-4-12(5-3-11)27(24,25)20-17-19-7-8-26-17/h1-5,7-8,13-14H,6,9H2,(H,19,20). The largest absolute Gasteiger partial charge is 0.274 e. The number of thiazole rings is 1. The highest BCUT2D eigenvalue weighted by atomic mass is 35.5. The molecule has 1 aromatic heterocycles. The molecule has 0 spiro atoms. The lowest BCUT2D eigenvalue weighted by Crippen LogP contribution is -2.30. The van der Waals surface area contributed by atoms with Gasteiger partial charge in [-0.1, -0.05) is 17.7 Å². The zero-order valence-electron chi connectivity index (χ0n) is 13.8. The van der Waals surface area contributed by atoms with E-state index in [-0.39, 0.29) is 21.8 Å². The SMILES string of the molecule is O=C1C2CC=C(Cl)CC2C(=O)N1c1ccc(S(=O)(=O)Nc2nccs2)cc1. The van der Waals surface area contributed by atoms with Crippen LogP contribution in [-0.2, 0) is 19.6 Å². The lowest BCUT2D eigenvalue weighted by Gasteiger charge is -2.17. The van der Waals surface area contributed by atoms with Gasteiger partial charge >= 0.3 is 0 Å². The van der Waals surface area contributed by atoms with Crippen LogP contribution >= 0.6 is 22.9 Å². The van der Waals surface area contributed by atoms with E-state index in [2.05, 4.69) is 9.71 Å². The van der Waals surface area contributed by atoms with E-state index < -0.39 is 21.9 Å². The number of fused-ring (bicyclic) bond motifs is 1. The monoisotopic (exact) mass is 423 g/mol. The maximum absolute atomic E-state index is 12.7. The molecule has 1 aliphatic carbocycles. The summed E-state index contributed by atoms with van der Waals surface area (Å²) in [5.74, 6) is -1.44. The van der Waals surface area contributed by atoms with Crippen LogP contribution in [0.25, 0.3) is 0 Å². The highest BCUT2D eigenvalue weighted by molar-refractivity contribution is 7.93. The summed E-state index contributed by atoms with van der Waals surface area (Å²) in [5.41, 5.74) is 0.351. The first-order valence-electron chi connectivity index (χ1n) is 8.11. The summed E-state index contributed by atoms with van der Waals surface area (Å²) in [7, 11) is -3.79. The number of carbonyl (C=O) groups excluding carboxylic acids is 2. The highest BCUT2D eigenvalue weighted by Crippen LogP contribution is 2.40. The van der Waals surface area contributed by atoms with Crippen molar-refractivity contribution in [3.05, 3.63) is 47.0 Å². The number of aromatic nitrogens is 1. The van der Waals surface area contributed by atoms with E-state index in [0.717, 1.165) is 4.90 Å². The van der Waals surface area contributed by atoms with Gasteiger partial charge in [0, 0.05) is 16.6 Å². The highest BCUT2D eigenvalue weighted by Gasteiger charge is 2.48. The molecule has 1 fully saturated rings. The number of hydrogen-bond donors (Lipinski definition) is 1. The molecule has 2 unspecified atom stereocenters. The molecule has 0 bridgehead atoms. The van der Waals surface area contributed by atoms with Gasteiger partial charge in [-0.2, -0.15) is 0 Å². The second-order valence-corrected chi connectivity index (χ2v) is 9.31. The van der Waals surface area contributed by atoms with E-state index in [0.29, 0.717) is 23.6 Å². The summed E-state index contributed by atoms with van der Waals surface area (Å²) >= 11 is 7.19. The molecule has 1 saturated heterocycles. The Bertz CT molecular complexity index is 1030. The maximum Gasteiger partial charge on any atom is 0.263 e. The second-order valence-electron chi connectivity index (χ2n) is 6.25. The number of hydrogen-bond acceptors (Lipinski definition) is 6. The third kappa shape index (κ3) is 3.26. The number of amides is 2. The van der Waals surface area contributed by atoms with Crippen molar-refractivity contribution in [2.24, 2.45) is 11.8 Å². The minimum absolute atomic E-state index is 0.0164. The van der Waals surface area contributed by atoms with Crippen molar-refractivity contribution in [3.63, 3.8) is 0 Å². The zero-order valence-corrected chi connectivity index (χ0v) is 16.2. The van der Waals surface area contributed by atoms with Gasteiger partial charge in [0.05, 0.1) is 22.4 Å². The normalized spacial score (nSPS) is 22.6. The van der Waals surface area contributed by atoms with Crippen molar-refractivity contribution in [1.82, 2.24) is 4.98 Å². The molecule has 4 rings (SSSR count). The molecule has 2 heterocycles. The molecule has 0 saturated carbocycles. The zero-order chi connectivity index (χ0) is 19.2. The van der Waals surface area contributed by atoms with Crippen LogP contribution in [0.3, 0.4) is 0 Å².